The van der Waals surface area contributed by atoms with Crippen LogP contribution >= 0.6 is 0 Å². The average Bonchev–Trinajstić information content (AvgIpc) is 3.26. The number of rotatable bonds is 6. The number of benzene rings is 1. The molecule has 1 aromatic carbocycles. The topological polar surface area (TPSA) is 86.8 Å². The zero-order valence-electron chi connectivity index (χ0n) is 15.7. The molecule has 0 aliphatic carbocycles. The first-order valence-electron chi connectivity index (χ1n) is 9.53. The second kappa shape index (κ2) is 8.29. The van der Waals surface area contributed by atoms with E-state index in [1.165, 1.54) is 17.7 Å². The second-order valence-corrected chi connectivity index (χ2v) is 9.43. The summed E-state index contributed by atoms with van der Waals surface area (Å²) in [6.07, 6.45) is 2.58. The standard InChI is InChI=1S/C19H27N3O4S/c1-2-22(17-9-12-27(25,26)14-17)19(24)13-18(23)20-15-5-7-16(8-6-15)21-10-3-4-11-21/h5-8,17H,2-4,9-14H2,1H3,(H,20,23). The molecule has 2 heterocycles. The van der Waals surface area contributed by atoms with Crippen LogP contribution in [-0.4, -0.2) is 62.3 Å². The van der Waals surface area contributed by atoms with Gasteiger partial charge in [0.2, 0.25) is 11.8 Å². The fourth-order valence-electron chi connectivity index (χ4n) is 3.83. The van der Waals surface area contributed by atoms with Gasteiger partial charge in [0.15, 0.2) is 9.84 Å². The number of hydrogen-bond acceptors (Lipinski definition) is 5. The molecule has 3 rings (SSSR count). The van der Waals surface area contributed by atoms with E-state index in [1.54, 1.807) is 6.92 Å². The van der Waals surface area contributed by atoms with Crippen molar-refractivity contribution in [3.63, 3.8) is 0 Å². The minimum absolute atomic E-state index is 0.00778. The molecular formula is C19H27N3O4S. The highest BCUT2D eigenvalue weighted by atomic mass is 32.2. The third-order valence-corrected chi connectivity index (χ3v) is 6.99. The van der Waals surface area contributed by atoms with Gasteiger partial charge in [-0.2, -0.15) is 0 Å². The van der Waals surface area contributed by atoms with Crippen molar-refractivity contribution in [1.29, 1.82) is 0 Å². The maximum absolute atomic E-state index is 12.5. The fraction of sp³-hybridized carbons (Fsp3) is 0.579. The maximum atomic E-state index is 12.5. The van der Waals surface area contributed by atoms with Gasteiger partial charge in [0, 0.05) is 37.1 Å². The quantitative estimate of drug-likeness (QED) is 0.743. The van der Waals surface area contributed by atoms with Crippen molar-refractivity contribution in [3.8, 4) is 0 Å². The molecule has 7 nitrogen and oxygen atoms in total. The minimum Gasteiger partial charge on any atom is -0.372 e. The van der Waals surface area contributed by atoms with Gasteiger partial charge in [-0.05, 0) is 50.5 Å². The summed E-state index contributed by atoms with van der Waals surface area (Å²) in [5, 5.41) is 2.75. The molecule has 0 bridgehead atoms. The van der Waals surface area contributed by atoms with Crippen molar-refractivity contribution in [3.05, 3.63) is 24.3 Å². The Kier molecular flexibility index (Phi) is 6.04. The molecule has 2 amide bonds. The zero-order chi connectivity index (χ0) is 19.4. The Morgan fingerprint density at radius 2 is 1.85 bits per heavy atom. The molecule has 0 saturated carbocycles. The number of anilines is 2. The molecular weight excluding hydrogens is 366 g/mol. The molecule has 148 valence electrons. The molecule has 2 aliphatic heterocycles. The number of hydrogen-bond donors (Lipinski definition) is 1. The van der Waals surface area contributed by atoms with Gasteiger partial charge >= 0.3 is 0 Å². The largest absolute Gasteiger partial charge is 0.372 e. The highest BCUT2D eigenvalue weighted by Crippen LogP contribution is 2.22. The Hall–Kier alpha value is -2.09. The van der Waals surface area contributed by atoms with Crippen LogP contribution in [0, 0.1) is 0 Å². The van der Waals surface area contributed by atoms with E-state index in [2.05, 4.69) is 10.2 Å². The number of nitrogens with zero attached hydrogens (tertiary/aromatic N) is 2. The van der Waals surface area contributed by atoms with Gasteiger partial charge in [0.1, 0.15) is 6.42 Å². The molecule has 0 radical (unpaired) electrons. The van der Waals surface area contributed by atoms with Crippen LogP contribution in [0.2, 0.25) is 0 Å². The van der Waals surface area contributed by atoms with Crippen molar-refractivity contribution in [2.75, 3.05) is 41.4 Å². The van der Waals surface area contributed by atoms with E-state index in [-0.39, 0.29) is 35.8 Å². The number of amides is 2. The summed E-state index contributed by atoms with van der Waals surface area (Å²) in [6, 6.07) is 7.32. The van der Waals surface area contributed by atoms with Crippen LogP contribution < -0.4 is 10.2 Å². The van der Waals surface area contributed by atoms with Crippen LogP contribution in [0.25, 0.3) is 0 Å². The minimum atomic E-state index is -3.07. The number of sulfone groups is 1. The van der Waals surface area contributed by atoms with E-state index >= 15 is 0 Å². The summed E-state index contributed by atoms with van der Waals surface area (Å²) in [4.78, 5) is 28.5. The van der Waals surface area contributed by atoms with Crippen molar-refractivity contribution in [1.82, 2.24) is 4.90 Å². The summed E-state index contributed by atoms with van der Waals surface area (Å²) >= 11 is 0. The van der Waals surface area contributed by atoms with Crippen molar-refractivity contribution in [2.45, 2.75) is 38.6 Å². The number of nitrogens with one attached hydrogen (secondary N) is 1. The van der Waals surface area contributed by atoms with Crippen molar-refractivity contribution < 1.29 is 18.0 Å². The highest BCUT2D eigenvalue weighted by Gasteiger charge is 2.34. The van der Waals surface area contributed by atoms with E-state index in [4.69, 9.17) is 0 Å². The Morgan fingerprint density at radius 3 is 2.41 bits per heavy atom. The third kappa shape index (κ3) is 5.00. The van der Waals surface area contributed by atoms with Gasteiger partial charge in [-0.3, -0.25) is 9.59 Å². The Morgan fingerprint density at radius 1 is 1.19 bits per heavy atom. The molecule has 1 unspecified atom stereocenters. The van der Waals surface area contributed by atoms with Crippen LogP contribution in [0.1, 0.15) is 32.6 Å². The van der Waals surface area contributed by atoms with E-state index < -0.39 is 9.84 Å². The number of carbonyl (C=O) groups is 2. The molecule has 2 aliphatic rings. The van der Waals surface area contributed by atoms with Gasteiger partial charge in [0.25, 0.3) is 0 Å². The second-order valence-electron chi connectivity index (χ2n) is 7.20. The maximum Gasteiger partial charge on any atom is 0.233 e. The van der Waals surface area contributed by atoms with E-state index in [1.807, 2.05) is 24.3 Å². The molecule has 8 heteroatoms. The normalized spacial score (nSPS) is 21.2. The van der Waals surface area contributed by atoms with Gasteiger partial charge in [-0.1, -0.05) is 0 Å². The fourth-order valence-corrected chi connectivity index (χ4v) is 5.57. The molecule has 1 atom stereocenters. The first-order valence-corrected chi connectivity index (χ1v) is 11.3. The summed E-state index contributed by atoms with van der Waals surface area (Å²) in [5.74, 6) is -0.609. The first kappa shape index (κ1) is 19.7. The third-order valence-electron chi connectivity index (χ3n) is 5.24. The molecule has 0 spiro atoms. The van der Waals surface area contributed by atoms with Crippen molar-refractivity contribution >= 4 is 33.0 Å². The predicted molar refractivity (Wildman–Crippen MR) is 106 cm³/mol. The Labute approximate surface area is 160 Å². The van der Waals surface area contributed by atoms with Crippen LogP contribution in [0.15, 0.2) is 24.3 Å². The lowest BCUT2D eigenvalue weighted by molar-refractivity contribution is -0.135. The first-order chi connectivity index (χ1) is 12.9. The Bertz CT molecular complexity index is 786. The monoisotopic (exact) mass is 393 g/mol. The molecule has 27 heavy (non-hydrogen) atoms. The van der Waals surface area contributed by atoms with Crippen LogP contribution in [0.5, 0.6) is 0 Å². The highest BCUT2D eigenvalue weighted by molar-refractivity contribution is 7.91. The van der Waals surface area contributed by atoms with Crippen molar-refractivity contribution in [2.24, 2.45) is 0 Å². The van der Waals surface area contributed by atoms with Gasteiger partial charge < -0.3 is 15.1 Å². The summed E-state index contributed by atoms with van der Waals surface area (Å²) in [7, 11) is -3.07. The van der Waals surface area contributed by atoms with Crippen LogP contribution in [0.3, 0.4) is 0 Å². The molecule has 2 fully saturated rings. The zero-order valence-corrected chi connectivity index (χ0v) is 16.5. The summed E-state index contributed by atoms with van der Waals surface area (Å²) < 4.78 is 23.3. The van der Waals surface area contributed by atoms with E-state index in [9.17, 15) is 18.0 Å². The van der Waals surface area contributed by atoms with Gasteiger partial charge in [0.05, 0.1) is 11.5 Å². The molecule has 1 aromatic rings. The van der Waals surface area contributed by atoms with Gasteiger partial charge in [-0.15, -0.1) is 0 Å². The molecule has 1 N–H and O–H groups in total. The predicted octanol–water partition coefficient (Wildman–Crippen LogP) is 1.65. The lowest BCUT2D eigenvalue weighted by Crippen LogP contribution is -2.42. The van der Waals surface area contributed by atoms with E-state index in [0.717, 1.165) is 18.8 Å². The Balaban J connectivity index is 1.54. The average molecular weight is 394 g/mol. The SMILES string of the molecule is CCN(C(=O)CC(=O)Nc1ccc(N2CCCC2)cc1)C1CCS(=O)(=O)C1. The molecule has 2 saturated heterocycles. The van der Waals surface area contributed by atoms with E-state index in [0.29, 0.717) is 18.7 Å². The van der Waals surface area contributed by atoms with Crippen LogP contribution in [0.4, 0.5) is 11.4 Å². The summed E-state index contributed by atoms with van der Waals surface area (Å²) in [6.45, 7) is 4.32. The lowest BCUT2D eigenvalue weighted by Gasteiger charge is -2.26. The van der Waals surface area contributed by atoms with Crippen LogP contribution in [-0.2, 0) is 19.4 Å². The smallest absolute Gasteiger partial charge is 0.233 e. The van der Waals surface area contributed by atoms with Gasteiger partial charge in [-0.25, -0.2) is 8.42 Å². The molecule has 0 aromatic heterocycles. The number of carbonyl (C=O) groups excluding carboxylic acids is 2. The lowest BCUT2D eigenvalue weighted by atomic mass is 10.2. The summed E-state index contributed by atoms with van der Waals surface area (Å²) in [5.41, 5.74) is 1.79.